The topological polar surface area (TPSA) is 95.8 Å². The van der Waals surface area contributed by atoms with Crippen molar-refractivity contribution in [3.8, 4) is 0 Å². The Labute approximate surface area is 202 Å². The third-order valence-electron chi connectivity index (χ3n) is 6.23. The molecule has 1 aromatic carbocycles. The van der Waals surface area contributed by atoms with Gasteiger partial charge in [-0.05, 0) is 17.0 Å². The highest BCUT2D eigenvalue weighted by molar-refractivity contribution is 7.94. The molecule has 5 rings (SSSR count). The van der Waals surface area contributed by atoms with Gasteiger partial charge in [0.15, 0.2) is 5.69 Å². The molecule has 2 aliphatic rings. The van der Waals surface area contributed by atoms with E-state index in [4.69, 9.17) is 4.52 Å². The first-order valence-electron chi connectivity index (χ1n) is 11.2. The van der Waals surface area contributed by atoms with E-state index in [1.165, 1.54) is 16.9 Å². The zero-order chi connectivity index (χ0) is 23.5. The van der Waals surface area contributed by atoms with Crippen LogP contribution in [0.5, 0.6) is 0 Å². The SMILES string of the molecule is O=C(c1noc2c1CNC(S(=O)(=O)c1cccs1)C2)N1CCN(C/C=C/c2ccccc2)CC1. The molecular weight excluding hydrogens is 472 g/mol. The van der Waals surface area contributed by atoms with E-state index in [0.29, 0.717) is 28.6 Å². The molecule has 4 heterocycles. The molecule has 10 heteroatoms. The first-order valence-corrected chi connectivity index (χ1v) is 13.7. The molecule has 1 fully saturated rings. The Balaban J connectivity index is 1.18. The molecule has 1 saturated heterocycles. The Morgan fingerprint density at radius 3 is 2.68 bits per heavy atom. The number of nitrogens with zero attached hydrogens (tertiary/aromatic N) is 3. The van der Waals surface area contributed by atoms with E-state index in [1.807, 2.05) is 18.2 Å². The van der Waals surface area contributed by atoms with Crippen molar-refractivity contribution >= 4 is 33.2 Å². The summed E-state index contributed by atoms with van der Waals surface area (Å²) in [6.45, 7) is 3.86. The van der Waals surface area contributed by atoms with Crippen LogP contribution in [0.15, 0.2) is 62.7 Å². The highest BCUT2D eigenvalue weighted by Crippen LogP contribution is 2.28. The molecule has 1 N–H and O–H groups in total. The average molecular weight is 499 g/mol. The highest BCUT2D eigenvalue weighted by atomic mass is 32.2. The number of sulfone groups is 1. The monoisotopic (exact) mass is 498 g/mol. The molecule has 1 amide bonds. The van der Waals surface area contributed by atoms with Gasteiger partial charge >= 0.3 is 0 Å². The van der Waals surface area contributed by atoms with Gasteiger partial charge in [0.2, 0.25) is 9.84 Å². The molecule has 0 bridgehead atoms. The van der Waals surface area contributed by atoms with Gasteiger partial charge in [0.1, 0.15) is 15.3 Å². The summed E-state index contributed by atoms with van der Waals surface area (Å²) in [4.78, 5) is 17.2. The minimum atomic E-state index is -3.51. The molecule has 3 aromatic rings. The van der Waals surface area contributed by atoms with Gasteiger partial charge in [0.25, 0.3) is 5.91 Å². The van der Waals surface area contributed by atoms with Gasteiger partial charge in [0, 0.05) is 51.3 Å². The molecule has 8 nitrogen and oxygen atoms in total. The summed E-state index contributed by atoms with van der Waals surface area (Å²) >= 11 is 1.19. The van der Waals surface area contributed by atoms with Crippen LogP contribution in [-0.2, 0) is 22.8 Å². The summed E-state index contributed by atoms with van der Waals surface area (Å²) < 4.78 is 31.4. The van der Waals surface area contributed by atoms with Crippen molar-refractivity contribution in [1.29, 1.82) is 0 Å². The van der Waals surface area contributed by atoms with Gasteiger partial charge in [-0.2, -0.15) is 0 Å². The molecule has 2 aromatic heterocycles. The normalized spacial score (nSPS) is 19.4. The number of aromatic nitrogens is 1. The fraction of sp³-hybridized carbons (Fsp3) is 0.333. The quantitative estimate of drug-likeness (QED) is 0.558. The van der Waals surface area contributed by atoms with Crippen molar-refractivity contribution in [2.75, 3.05) is 32.7 Å². The third kappa shape index (κ3) is 4.72. The number of fused-ring (bicyclic) bond motifs is 1. The van der Waals surface area contributed by atoms with Crippen LogP contribution in [0.4, 0.5) is 0 Å². The van der Waals surface area contributed by atoms with Crippen molar-refractivity contribution in [1.82, 2.24) is 20.3 Å². The Hall–Kier alpha value is -2.79. The van der Waals surface area contributed by atoms with Crippen LogP contribution in [0, 0.1) is 0 Å². The number of thiophene rings is 1. The molecule has 0 aliphatic carbocycles. The van der Waals surface area contributed by atoms with E-state index >= 15 is 0 Å². The maximum absolute atomic E-state index is 13.1. The number of piperazine rings is 1. The Kier molecular flexibility index (Phi) is 6.64. The lowest BCUT2D eigenvalue weighted by Crippen LogP contribution is -2.49. The summed E-state index contributed by atoms with van der Waals surface area (Å²) in [5.41, 5.74) is 2.12. The first kappa shape index (κ1) is 23.0. The zero-order valence-electron chi connectivity index (χ0n) is 18.6. The predicted octanol–water partition coefficient (Wildman–Crippen LogP) is 2.65. The lowest BCUT2D eigenvalue weighted by atomic mass is 10.1. The van der Waals surface area contributed by atoms with E-state index < -0.39 is 15.2 Å². The molecule has 1 atom stereocenters. The maximum Gasteiger partial charge on any atom is 0.276 e. The summed E-state index contributed by atoms with van der Waals surface area (Å²) in [6.07, 6.45) is 4.41. The van der Waals surface area contributed by atoms with Crippen molar-refractivity contribution in [2.45, 2.75) is 22.5 Å². The molecule has 2 aliphatic heterocycles. The van der Waals surface area contributed by atoms with Gasteiger partial charge in [-0.1, -0.05) is 53.7 Å². The Morgan fingerprint density at radius 1 is 1.15 bits per heavy atom. The van der Waals surface area contributed by atoms with E-state index in [1.54, 1.807) is 22.4 Å². The van der Waals surface area contributed by atoms with Crippen molar-refractivity contribution in [3.05, 3.63) is 76.5 Å². The fourth-order valence-electron chi connectivity index (χ4n) is 4.28. The number of hydrogen-bond donors (Lipinski definition) is 1. The van der Waals surface area contributed by atoms with E-state index in [0.717, 1.165) is 19.6 Å². The lowest BCUT2D eigenvalue weighted by molar-refractivity contribution is 0.0639. The van der Waals surface area contributed by atoms with Gasteiger partial charge in [-0.25, -0.2) is 8.42 Å². The molecular formula is C24H26N4O4S2. The summed E-state index contributed by atoms with van der Waals surface area (Å²) in [5.74, 6) is 0.308. The molecule has 0 radical (unpaired) electrons. The molecule has 1 unspecified atom stereocenters. The van der Waals surface area contributed by atoms with Crippen LogP contribution < -0.4 is 5.32 Å². The minimum Gasteiger partial charge on any atom is -0.360 e. The number of rotatable bonds is 6. The Bertz CT molecular complexity index is 1260. The second-order valence-electron chi connectivity index (χ2n) is 8.39. The number of nitrogens with one attached hydrogen (secondary N) is 1. The number of carbonyl (C=O) groups excluding carboxylic acids is 1. The largest absolute Gasteiger partial charge is 0.360 e. The van der Waals surface area contributed by atoms with Crippen LogP contribution in [0.3, 0.4) is 0 Å². The van der Waals surface area contributed by atoms with Crippen molar-refractivity contribution in [3.63, 3.8) is 0 Å². The molecule has 34 heavy (non-hydrogen) atoms. The highest BCUT2D eigenvalue weighted by Gasteiger charge is 2.37. The zero-order valence-corrected chi connectivity index (χ0v) is 20.2. The van der Waals surface area contributed by atoms with Crippen LogP contribution in [0.1, 0.15) is 27.4 Å². The summed E-state index contributed by atoms with van der Waals surface area (Å²) in [5, 5.41) is 8.05. The number of hydrogen-bond acceptors (Lipinski definition) is 8. The van der Waals surface area contributed by atoms with Crippen LogP contribution in [0.25, 0.3) is 6.08 Å². The molecule has 0 saturated carbocycles. The summed E-state index contributed by atoms with van der Waals surface area (Å²) in [6, 6.07) is 13.5. The van der Waals surface area contributed by atoms with Crippen LogP contribution in [0.2, 0.25) is 0 Å². The molecule has 0 spiro atoms. The maximum atomic E-state index is 13.1. The van der Waals surface area contributed by atoms with Gasteiger partial charge in [-0.15, -0.1) is 11.3 Å². The smallest absolute Gasteiger partial charge is 0.276 e. The first-order chi connectivity index (χ1) is 16.5. The summed E-state index contributed by atoms with van der Waals surface area (Å²) in [7, 11) is -3.51. The lowest BCUT2D eigenvalue weighted by Gasteiger charge is -2.34. The second-order valence-corrected chi connectivity index (χ2v) is 11.7. The van der Waals surface area contributed by atoms with E-state index in [2.05, 4.69) is 39.7 Å². The number of carbonyl (C=O) groups is 1. The number of amides is 1. The minimum absolute atomic E-state index is 0.150. The van der Waals surface area contributed by atoms with Crippen molar-refractivity contribution < 1.29 is 17.7 Å². The molecule has 178 valence electrons. The fourth-order valence-corrected chi connectivity index (χ4v) is 7.00. The standard InChI is InChI=1S/C24H26N4O4S2/c29-24(28-13-11-27(12-14-28)10-4-8-18-6-2-1-3-7-18)23-19-17-25-21(16-20(19)32-26-23)34(30,31)22-9-5-15-33-22/h1-9,15,21,25H,10-14,16-17H2/b8-4+. The van der Waals surface area contributed by atoms with Crippen LogP contribution in [-0.4, -0.2) is 67.4 Å². The van der Waals surface area contributed by atoms with E-state index in [-0.39, 0.29) is 24.6 Å². The number of benzene rings is 1. The van der Waals surface area contributed by atoms with Crippen molar-refractivity contribution in [2.24, 2.45) is 0 Å². The van der Waals surface area contributed by atoms with Crippen LogP contribution >= 0.6 is 11.3 Å². The second kappa shape index (κ2) is 9.83. The van der Waals surface area contributed by atoms with Gasteiger partial charge in [0.05, 0.1) is 0 Å². The third-order valence-corrected chi connectivity index (χ3v) is 9.66. The van der Waals surface area contributed by atoms with Gasteiger partial charge < -0.3 is 9.42 Å². The average Bonchev–Trinajstić information content (AvgIpc) is 3.55. The predicted molar refractivity (Wildman–Crippen MR) is 130 cm³/mol. The van der Waals surface area contributed by atoms with E-state index in [9.17, 15) is 13.2 Å². The Morgan fingerprint density at radius 2 is 1.94 bits per heavy atom. The van der Waals surface area contributed by atoms with Gasteiger partial charge in [-0.3, -0.25) is 15.0 Å².